The summed E-state index contributed by atoms with van der Waals surface area (Å²) in [5.74, 6) is 0.253. The Hall–Kier alpha value is -2.57. The molecule has 1 aromatic carbocycles. The summed E-state index contributed by atoms with van der Waals surface area (Å²) in [5.41, 5.74) is 0.555. The molecular weight excluding hydrogens is 372 g/mol. The van der Waals surface area contributed by atoms with E-state index in [1.807, 2.05) is 11.0 Å². The lowest BCUT2D eigenvalue weighted by Gasteiger charge is -2.44. The van der Waals surface area contributed by atoms with E-state index in [9.17, 15) is 14.4 Å². The van der Waals surface area contributed by atoms with Gasteiger partial charge in [0, 0.05) is 12.6 Å². The van der Waals surface area contributed by atoms with Gasteiger partial charge >= 0.3 is 5.97 Å². The summed E-state index contributed by atoms with van der Waals surface area (Å²) in [6, 6.07) is 7.42. The second-order valence-electron chi connectivity index (χ2n) is 8.05. The highest BCUT2D eigenvalue weighted by atomic mass is 16.5. The largest absolute Gasteiger partial charge is 0.491 e. The third kappa shape index (κ3) is 4.38. The molecule has 3 aliphatic rings. The number of carbonyl (C=O) groups excluding carboxylic acids is 3. The molecule has 156 valence electrons. The summed E-state index contributed by atoms with van der Waals surface area (Å²) in [4.78, 5) is 40.9. The maximum absolute atomic E-state index is 12.7. The van der Waals surface area contributed by atoms with Crippen molar-refractivity contribution in [1.82, 2.24) is 4.90 Å². The fraction of sp³-hybridized carbons (Fsp3) is 0.591. The molecule has 29 heavy (non-hydrogen) atoms. The van der Waals surface area contributed by atoms with E-state index in [2.05, 4.69) is 0 Å². The van der Waals surface area contributed by atoms with Gasteiger partial charge in [0.25, 0.3) is 5.91 Å². The van der Waals surface area contributed by atoms with Crippen LogP contribution in [0.25, 0.3) is 0 Å². The molecule has 0 bridgehead atoms. The maximum Gasteiger partial charge on any atom is 0.326 e. The molecule has 0 unspecified atom stereocenters. The highest BCUT2D eigenvalue weighted by Crippen LogP contribution is 2.35. The summed E-state index contributed by atoms with van der Waals surface area (Å²) < 4.78 is 10.9. The van der Waals surface area contributed by atoms with Crippen LogP contribution in [0.1, 0.15) is 44.9 Å². The van der Waals surface area contributed by atoms with Gasteiger partial charge in [-0.1, -0.05) is 25.0 Å². The first kappa shape index (κ1) is 19.7. The van der Waals surface area contributed by atoms with Gasteiger partial charge in [-0.25, -0.2) is 0 Å². The quantitative estimate of drug-likeness (QED) is 0.726. The van der Waals surface area contributed by atoms with Crippen LogP contribution in [0.4, 0.5) is 5.69 Å². The minimum atomic E-state index is -0.583. The van der Waals surface area contributed by atoms with Gasteiger partial charge in [0.1, 0.15) is 12.3 Å². The van der Waals surface area contributed by atoms with Crippen LogP contribution in [0.3, 0.4) is 0 Å². The SMILES string of the molecule is O=C(CN1C(=O)CCOc2ccccc21)OCC(=O)N1CCC[C@H]2CCCC[C@@H]21. The van der Waals surface area contributed by atoms with Gasteiger partial charge in [0.05, 0.1) is 18.7 Å². The lowest BCUT2D eigenvalue weighted by atomic mass is 9.78. The van der Waals surface area contributed by atoms with E-state index in [1.54, 1.807) is 18.2 Å². The molecule has 1 aromatic rings. The number of fused-ring (bicyclic) bond motifs is 2. The van der Waals surface area contributed by atoms with Crippen molar-refractivity contribution in [3.8, 4) is 5.75 Å². The number of nitrogens with zero attached hydrogens (tertiary/aromatic N) is 2. The average Bonchev–Trinajstić information content (AvgIpc) is 2.90. The highest BCUT2D eigenvalue weighted by Gasteiger charge is 2.36. The molecule has 2 amide bonds. The van der Waals surface area contributed by atoms with Gasteiger partial charge < -0.3 is 14.4 Å². The molecule has 2 fully saturated rings. The van der Waals surface area contributed by atoms with Crippen LogP contribution >= 0.6 is 0 Å². The molecular formula is C22H28N2O5. The standard InChI is InChI=1S/C22H28N2O5/c25-20-11-13-28-19-10-4-3-9-18(19)24(20)14-22(27)29-15-21(26)23-12-5-7-16-6-1-2-8-17(16)23/h3-4,9-10,16-17H,1-2,5-8,11-15H2/t16-,17+/m1/s1. The van der Waals surface area contributed by atoms with Crippen LogP contribution in [0.2, 0.25) is 0 Å². The van der Waals surface area contributed by atoms with Gasteiger partial charge in [-0.15, -0.1) is 0 Å². The van der Waals surface area contributed by atoms with E-state index in [-0.39, 0.29) is 38.0 Å². The van der Waals surface area contributed by atoms with Gasteiger partial charge in [0.15, 0.2) is 6.61 Å². The first-order valence-corrected chi connectivity index (χ1v) is 10.6. The molecule has 2 atom stereocenters. The number of anilines is 1. The Morgan fingerprint density at radius 1 is 1.10 bits per heavy atom. The highest BCUT2D eigenvalue weighted by molar-refractivity contribution is 5.99. The molecule has 2 aliphatic heterocycles. The van der Waals surface area contributed by atoms with E-state index in [4.69, 9.17) is 9.47 Å². The number of piperidine rings is 1. The number of rotatable bonds is 4. The Kier molecular flexibility index (Phi) is 6.02. The van der Waals surface area contributed by atoms with Crippen molar-refractivity contribution in [1.29, 1.82) is 0 Å². The zero-order valence-electron chi connectivity index (χ0n) is 16.7. The van der Waals surface area contributed by atoms with Crippen LogP contribution in [0, 0.1) is 5.92 Å². The second-order valence-corrected chi connectivity index (χ2v) is 8.05. The molecule has 1 saturated carbocycles. The summed E-state index contributed by atoms with van der Waals surface area (Å²) in [7, 11) is 0. The van der Waals surface area contributed by atoms with Crippen molar-refractivity contribution in [2.45, 2.75) is 51.0 Å². The van der Waals surface area contributed by atoms with Crippen molar-refractivity contribution < 1.29 is 23.9 Å². The molecule has 0 aromatic heterocycles. The van der Waals surface area contributed by atoms with Crippen LogP contribution in [-0.4, -0.2) is 55.0 Å². The second kappa shape index (κ2) is 8.84. The van der Waals surface area contributed by atoms with Gasteiger partial charge in [-0.3, -0.25) is 19.3 Å². The Morgan fingerprint density at radius 2 is 1.90 bits per heavy atom. The van der Waals surface area contributed by atoms with E-state index in [0.717, 1.165) is 25.8 Å². The molecule has 1 saturated heterocycles. The minimum Gasteiger partial charge on any atom is -0.491 e. The van der Waals surface area contributed by atoms with Crippen LogP contribution < -0.4 is 9.64 Å². The Balaban J connectivity index is 1.35. The number of amides is 2. The summed E-state index contributed by atoms with van der Waals surface area (Å²) in [6.45, 7) is 0.533. The molecule has 7 nitrogen and oxygen atoms in total. The summed E-state index contributed by atoms with van der Waals surface area (Å²) in [6.07, 6.45) is 7.02. The smallest absolute Gasteiger partial charge is 0.326 e. The summed E-state index contributed by atoms with van der Waals surface area (Å²) in [5, 5.41) is 0. The molecule has 2 heterocycles. The van der Waals surface area contributed by atoms with Gasteiger partial charge in [-0.2, -0.15) is 0 Å². The Morgan fingerprint density at radius 3 is 2.79 bits per heavy atom. The first-order chi connectivity index (χ1) is 14.1. The number of esters is 1. The minimum absolute atomic E-state index is 0.124. The Labute approximate surface area is 170 Å². The lowest BCUT2D eigenvalue weighted by molar-refractivity contribution is -0.154. The Bertz CT molecular complexity index is 778. The van der Waals surface area contributed by atoms with Crippen molar-refractivity contribution in [3.63, 3.8) is 0 Å². The number of likely N-dealkylation sites (tertiary alicyclic amines) is 1. The number of hydrogen-bond acceptors (Lipinski definition) is 5. The van der Waals surface area contributed by atoms with Gasteiger partial charge in [-0.05, 0) is 43.7 Å². The van der Waals surface area contributed by atoms with E-state index in [0.29, 0.717) is 23.4 Å². The van der Waals surface area contributed by atoms with Gasteiger partial charge in [0.2, 0.25) is 5.91 Å². The van der Waals surface area contributed by atoms with E-state index < -0.39 is 5.97 Å². The number of benzene rings is 1. The summed E-state index contributed by atoms with van der Waals surface area (Å²) >= 11 is 0. The number of ether oxygens (including phenoxy) is 2. The van der Waals surface area contributed by atoms with Crippen molar-refractivity contribution in [3.05, 3.63) is 24.3 Å². The lowest BCUT2D eigenvalue weighted by Crippen LogP contribution is -2.51. The fourth-order valence-corrected chi connectivity index (χ4v) is 4.83. The number of para-hydroxylation sites is 2. The van der Waals surface area contributed by atoms with Crippen LogP contribution in [0.15, 0.2) is 24.3 Å². The molecule has 7 heteroatoms. The molecule has 0 spiro atoms. The topological polar surface area (TPSA) is 76.1 Å². The zero-order valence-corrected chi connectivity index (χ0v) is 16.7. The maximum atomic E-state index is 12.7. The van der Waals surface area contributed by atoms with Crippen LogP contribution in [0.5, 0.6) is 5.75 Å². The monoisotopic (exact) mass is 400 g/mol. The number of carbonyl (C=O) groups is 3. The fourth-order valence-electron chi connectivity index (χ4n) is 4.83. The van der Waals surface area contributed by atoms with Crippen LogP contribution in [-0.2, 0) is 19.1 Å². The first-order valence-electron chi connectivity index (χ1n) is 10.6. The van der Waals surface area contributed by atoms with E-state index >= 15 is 0 Å². The predicted octanol–water partition coefficient (Wildman–Crippen LogP) is 2.53. The molecule has 4 rings (SSSR count). The molecule has 0 N–H and O–H groups in total. The zero-order chi connectivity index (χ0) is 20.2. The van der Waals surface area contributed by atoms with Crippen molar-refractivity contribution >= 4 is 23.5 Å². The third-order valence-electron chi connectivity index (χ3n) is 6.24. The average molecular weight is 400 g/mol. The predicted molar refractivity (Wildman–Crippen MR) is 107 cm³/mol. The molecule has 0 radical (unpaired) electrons. The number of hydrogen-bond donors (Lipinski definition) is 0. The van der Waals surface area contributed by atoms with Crippen molar-refractivity contribution in [2.24, 2.45) is 5.92 Å². The molecule has 1 aliphatic carbocycles. The van der Waals surface area contributed by atoms with Crippen molar-refractivity contribution in [2.75, 3.05) is 31.2 Å². The normalized spacial score (nSPS) is 24.1. The third-order valence-corrected chi connectivity index (χ3v) is 6.24. The van der Waals surface area contributed by atoms with E-state index in [1.165, 1.54) is 24.2 Å².